The second-order valence-corrected chi connectivity index (χ2v) is 9.05. The van der Waals surface area contributed by atoms with Crippen LogP contribution in [0.15, 0.2) is 73.3 Å². The van der Waals surface area contributed by atoms with Gasteiger partial charge in [-0.2, -0.15) is 0 Å². The number of fused-ring (bicyclic) bond motifs is 2. The van der Waals surface area contributed by atoms with Gasteiger partial charge in [0, 0.05) is 23.5 Å². The Balaban J connectivity index is 1.51. The minimum atomic E-state index is -0.565. The summed E-state index contributed by atoms with van der Waals surface area (Å²) in [4.78, 5) is 35.7. The number of hydrogen-bond donors (Lipinski definition) is 1. The zero-order valence-electron chi connectivity index (χ0n) is 22.2. The summed E-state index contributed by atoms with van der Waals surface area (Å²) in [6.45, 7) is 4.50. The molecule has 0 bridgehead atoms. The van der Waals surface area contributed by atoms with Gasteiger partial charge in [-0.15, -0.1) is 0 Å². The molecule has 6 aromatic rings. The number of anilines is 1. The molecule has 40 heavy (non-hydrogen) atoms. The minimum absolute atomic E-state index is 0.261. The summed E-state index contributed by atoms with van der Waals surface area (Å²) in [6, 6.07) is 17.4. The summed E-state index contributed by atoms with van der Waals surface area (Å²) in [6.07, 6.45) is 4.70. The minimum Gasteiger partial charge on any atom is -0.497 e. The molecule has 1 N–H and O–H groups in total. The average molecular weight is 535 g/mol. The van der Waals surface area contributed by atoms with E-state index >= 15 is 0 Å². The van der Waals surface area contributed by atoms with E-state index in [4.69, 9.17) is 24.4 Å². The van der Waals surface area contributed by atoms with Crippen LogP contribution in [0.5, 0.6) is 5.75 Å². The molecule has 0 saturated heterocycles. The molecule has 5 aromatic heterocycles. The third kappa shape index (κ3) is 4.68. The van der Waals surface area contributed by atoms with Crippen LogP contribution in [-0.2, 0) is 11.3 Å². The van der Waals surface area contributed by atoms with Crippen LogP contribution in [0.25, 0.3) is 39.4 Å². The van der Waals surface area contributed by atoms with E-state index in [-0.39, 0.29) is 6.61 Å². The Labute approximate surface area is 229 Å². The molecule has 1 amide bonds. The van der Waals surface area contributed by atoms with Crippen LogP contribution in [0.2, 0.25) is 0 Å². The molecule has 0 radical (unpaired) electrons. The summed E-state index contributed by atoms with van der Waals surface area (Å²) >= 11 is 0. The third-order valence-electron chi connectivity index (χ3n) is 6.42. The Morgan fingerprint density at radius 3 is 2.62 bits per heavy atom. The molecule has 0 saturated carbocycles. The Morgan fingerprint density at radius 1 is 1.00 bits per heavy atom. The van der Waals surface area contributed by atoms with Crippen molar-refractivity contribution in [1.29, 1.82) is 0 Å². The van der Waals surface area contributed by atoms with E-state index in [1.807, 2.05) is 76.9 Å². The first-order chi connectivity index (χ1) is 19.5. The van der Waals surface area contributed by atoms with Gasteiger partial charge in [0.25, 0.3) is 0 Å². The highest BCUT2D eigenvalue weighted by Gasteiger charge is 2.19. The van der Waals surface area contributed by atoms with Gasteiger partial charge in [-0.3, -0.25) is 9.88 Å². The molecular formula is C29H26N8O3. The Kier molecular flexibility index (Phi) is 6.52. The van der Waals surface area contributed by atoms with E-state index in [1.165, 1.54) is 0 Å². The summed E-state index contributed by atoms with van der Waals surface area (Å²) < 4.78 is 14.2. The van der Waals surface area contributed by atoms with Gasteiger partial charge in [-0.05, 0) is 55.8 Å². The number of amides is 1. The van der Waals surface area contributed by atoms with Crippen molar-refractivity contribution in [3.05, 3.63) is 84.6 Å². The lowest BCUT2D eigenvalue weighted by molar-refractivity contribution is 0.168. The van der Waals surface area contributed by atoms with Gasteiger partial charge < -0.3 is 14.0 Å². The molecule has 5 heterocycles. The number of nitrogens with zero attached hydrogens (tertiary/aromatic N) is 7. The van der Waals surface area contributed by atoms with Crippen LogP contribution in [-0.4, -0.2) is 53.9 Å². The van der Waals surface area contributed by atoms with Crippen molar-refractivity contribution in [2.24, 2.45) is 0 Å². The fourth-order valence-corrected chi connectivity index (χ4v) is 4.54. The molecule has 0 fully saturated rings. The second-order valence-electron chi connectivity index (χ2n) is 9.05. The smallest absolute Gasteiger partial charge is 0.412 e. The number of aromatic nitrogens is 7. The summed E-state index contributed by atoms with van der Waals surface area (Å²) in [5.74, 6) is 2.25. The monoisotopic (exact) mass is 534 g/mol. The molecule has 1 aromatic carbocycles. The van der Waals surface area contributed by atoms with Crippen molar-refractivity contribution >= 4 is 34.0 Å². The number of imidazole rings is 1. The molecule has 11 nitrogen and oxygen atoms in total. The van der Waals surface area contributed by atoms with Crippen LogP contribution < -0.4 is 10.1 Å². The van der Waals surface area contributed by atoms with Crippen molar-refractivity contribution in [2.75, 3.05) is 19.0 Å². The van der Waals surface area contributed by atoms with E-state index in [0.717, 1.165) is 27.9 Å². The third-order valence-corrected chi connectivity index (χ3v) is 6.42. The Bertz CT molecular complexity index is 1840. The normalized spacial score (nSPS) is 11.2. The SMILES string of the molecule is CCOC(=O)Nc1nccc2c1ccn2-c1nc(-c2cccc(C)n2)nc2c1ncn2Cc1ccc(OC)cc1. The van der Waals surface area contributed by atoms with Gasteiger partial charge in [0.15, 0.2) is 22.8 Å². The standard InChI is InChI=1S/C29H26N8O3/c1-4-40-29(38)35-25-21-13-15-37(23(21)12-14-30-25)28-24-27(33-26(34-28)22-7-5-6-18(2)32-22)36(17-31-24)16-19-8-10-20(39-3)11-9-19/h5-15,17H,4,16H2,1-3H3,(H,30,35,38). The first-order valence-electron chi connectivity index (χ1n) is 12.7. The number of nitrogens with one attached hydrogen (secondary N) is 1. The number of rotatable bonds is 7. The van der Waals surface area contributed by atoms with Gasteiger partial charge in [-0.1, -0.05) is 18.2 Å². The average Bonchev–Trinajstić information content (AvgIpc) is 3.58. The quantitative estimate of drug-likeness (QED) is 0.298. The molecule has 200 valence electrons. The lowest BCUT2D eigenvalue weighted by Gasteiger charge is -2.11. The zero-order valence-corrected chi connectivity index (χ0v) is 22.2. The highest BCUT2D eigenvalue weighted by atomic mass is 16.5. The molecule has 0 aliphatic heterocycles. The molecule has 0 spiro atoms. The summed E-state index contributed by atoms with van der Waals surface area (Å²) in [5.41, 5.74) is 4.67. The summed E-state index contributed by atoms with van der Waals surface area (Å²) in [5, 5.41) is 3.45. The maximum atomic E-state index is 12.1. The Morgan fingerprint density at radius 2 is 1.85 bits per heavy atom. The largest absolute Gasteiger partial charge is 0.497 e. The summed E-state index contributed by atoms with van der Waals surface area (Å²) in [7, 11) is 1.65. The first-order valence-corrected chi connectivity index (χ1v) is 12.7. The van der Waals surface area contributed by atoms with Gasteiger partial charge in [0.1, 0.15) is 17.3 Å². The van der Waals surface area contributed by atoms with Gasteiger partial charge in [0.05, 0.1) is 32.1 Å². The number of carbonyl (C=O) groups excluding carboxylic acids is 1. The van der Waals surface area contributed by atoms with Crippen molar-refractivity contribution < 1.29 is 14.3 Å². The maximum absolute atomic E-state index is 12.1. The number of aryl methyl sites for hydroxylation is 1. The number of pyridine rings is 2. The predicted molar refractivity (Wildman–Crippen MR) is 151 cm³/mol. The molecule has 0 unspecified atom stereocenters. The van der Waals surface area contributed by atoms with E-state index in [0.29, 0.717) is 40.9 Å². The lowest BCUT2D eigenvalue weighted by atomic mass is 10.2. The van der Waals surface area contributed by atoms with Gasteiger partial charge in [-0.25, -0.2) is 29.7 Å². The van der Waals surface area contributed by atoms with Gasteiger partial charge >= 0.3 is 6.09 Å². The molecule has 0 aliphatic carbocycles. The highest BCUT2D eigenvalue weighted by molar-refractivity contribution is 5.98. The first kappa shape index (κ1) is 25.0. The van der Waals surface area contributed by atoms with Crippen molar-refractivity contribution in [2.45, 2.75) is 20.4 Å². The number of ether oxygens (including phenoxy) is 2. The van der Waals surface area contributed by atoms with Crippen LogP contribution in [0.1, 0.15) is 18.2 Å². The number of carbonyl (C=O) groups is 1. The number of hydrogen-bond acceptors (Lipinski definition) is 8. The van der Waals surface area contributed by atoms with Crippen LogP contribution in [0, 0.1) is 6.92 Å². The van der Waals surface area contributed by atoms with E-state index < -0.39 is 6.09 Å². The highest BCUT2D eigenvalue weighted by Crippen LogP contribution is 2.29. The second kappa shape index (κ2) is 10.4. The fraction of sp³-hybridized carbons (Fsp3) is 0.172. The van der Waals surface area contributed by atoms with E-state index in [9.17, 15) is 4.79 Å². The van der Waals surface area contributed by atoms with Gasteiger partial charge in [0.2, 0.25) is 0 Å². The van der Waals surface area contributed by atoms with Crippen LogP contribution in [0.4, 0.5) is 10.6 Å². The number of benzene rings is 1. The van der Waals surface area contributed by atoms with Crippen molar-refractivity contribution in [3.63, 3.8) is 0 Å². The van der Waals surface area contributed by atoms with Crippen LogP contribution in [0.3, 0.4) is 0 Å². The van der Waals surface area contributed by atoms with Crippen molar-refractivity contribution in [1.82, 2.24) is 34.1 Å². The molecule has 11 heteroatoms. The van der Waals surface area contributed by atoms with E-state index in [1.54, 1.807) is 26.6 Å². The Hall–Kier alpha value is -5.32. The molecular weight excluding hydrogens is 508 g/mol. The predicted octanol–water partition coefficient (Wildman–Crippen LogP) is 5.16. The zero-order chi connectivity index (χ0) is 27.6. The van der Waals surface area contributed by atoms with E-state index in [2.05, 4.69) is 15.3 Å². The van der Waals surface area contributed by atoms with Crippen LogP contribution >= 0.6 is 0 Å². The molecule has 0 aliphatic rings. The topological polar surface area (TPSA) is 122 Å². The molecule has 6 rings (SSSR count). The maximum Gasteiger partial charge on any atom is 0.412 e. The van der Waals surface area contributed by atoms with Crippen molar-refractivity contribution in [3.8, 4) is 23.1 Å². The molecule has 0 atom stereocenters. The number of methoxy groups -OCH3 is 1. The fourth-order valence-electron chi connectivity index (χ4n) is 4.54. The lowest BCUT2D eigenvalue weighted by Crippen LogP contribution is -2.14.